The zero-order chi connectivity index (χ0) is 8.97. The van der Waals surface area contributed by atoms with Gasteiger partial charge in [0, 0.05) is 0 Å². The van der Waals surface area contributed by atoms with Crippen LogP contribution in [0.5, 0.6) is 0 Å². The fraction of sp³-hybridized carbons (Fsp3) is 0.222. The molecule has 3 nitrogen and oxygen atoms in total. The Bertz CT molecular complexity index is 267. The third-order valence-corrected chi connectivity index (χ3v) is 1.35. The summed E-state index contributed by atoms with van der Waals surface area (Å²) in [5.41, 5.74) is 0.645. The molecule has 0 saturated heterocycles. The molecule has 1 rings (SSSR count). The maximum absolute atomic E-state index is 11.3. The zero-order valence-corrected chi connectivity index (χ0v) is 7.27. The maximum Gasteiger partial charge on any atom is 0.241 e. The van der Waals surface area contributed by atoms with Gasteiger partial charge in [0.05, 0.1) is 14.1 Å². The molecule has 3 heteroatoms. The standard InChI is InChI=1S/C9H12N2O/c1-10(2)8-11(12)9-6-4-3-5-7-9/h3-8H,1-2H3/b11-8-. The van der Waals surface area contributed by atoms with Gasteiger partial charge in [0.25, 0.3) is 0 Å². The molecule has 0 N–H and O–H groups in total. The second-order valence-electron chi connectivity index (χ2n) is 2.74. The van der Waals surface area contributed by atoms with Crippen molar-refractivity contribution >= 4 is 12.0 Å². The Morgan fingerprint density at radius 2 is 1.83 bits per heavy atom. The molecule has 0 aliphatic heterocycles. The molecule has 0 radical (unpaired) electrons. The van der Waals surface area contributed by atoms with Gasteiger partial charge in [-0.25, -0.2) is 4.74 Å². The van der Waals surface area contributed by atoms with E-state index >= 15 is 0 Å². The Balaban J connectivity index is 2.85. The fourth-order valence-corrected chi connectivity index (χ4v) is 0.851. The van der Waals surface area contributed by atoms with E-state index in [1.54, 1.807) is 17.0 Å². The van der Waals surface area contributed by atoms with Crippen LogP contribution >= 0.6 is 0 Å². The van der Waals surface area contributed by atoms with Crippen LogP contribution in [0.3, 0.4) is 0 Å². The van der Waals surface area contributed by atoms with Crippen LogP contribution in [0.1, 0.15) is 0 Å². The van der Waals surface area contributed by atoms with Crippen molar-refractivity contribution in [3.63, 3.8) is 0 Å². The van der Waals surface area contributed by atoms with Crippen LogP contribution in [0.25, 0.3) is 0 Å². The van der Waals surface area contributed by atoms with E-state index in [0.29, 0.717) is 5.69 Å². The molecular formula is C9H12N2O. The van der Waals surface area contributed by atoms with E-state index in [9.17, 15) is 5.21 Å². The highest BCUT2D eigenvalue weighted by molar-refractivity contribution is 5.50. The zero-order valence-electron chi connectivity index (χ0n) is 7.27. The summed E-state index contributed by atoms with van der Waals surface area (Å²) in [6, 6.07) is 9.10. The van der Waals surface area contributed by atoms with E-state index in [-0.39, 0.29) is 0 Å². The lowest BCUT2D eigenvalue weighted by Gasteiger charge is -2.09. The Labute approximate surface area is 72.1 Å². The average molecular weight is 164 g/mol. The van der Waals surface area contributed by atoms with E-state index in [1.807, 2.05) is 32.3 Å². The third kappa shape index (κ3) is 2.27. The van der Waals surface area contributed by atoms with Crippen molar-refractivity contribution < 1.29 is 4.74 Å². The number of benzene rings is 1. The van der Waals surface area contributed by atoms with Crippen molar-refractivity contribution in [3.05, 3.63) is 35.5 Å². The van der Waals surface area contributed by atoms with E-state index in [2.05, 4.69) is 0 Å². The van der Waals surface area contributed by atoms with E-state index < -0.39 is 0 Å². The molecule has 0 atom stereocenters. The highest BCUT2D eigenvalue weighted by Gasteiger charge is 1.93. The molecule has 1 aromatic carbocycles. The first-order valence-electron chi connectivity index (χ1n) is 3.73. The van der Waals surface area contributed by atoms with Gasteiger partial charge in [-0.2, -0.15) is 0 Å². The van der Waals surface area contributed by atoms with Crippen LogP contribution in [0.2, 0.25) is 0 Å². The Hall–Kier alpha value is -1.51. The number of hydrogen-bond acceptors (Lipinski definition) is 1. The topological polar surface area (TPSA) is 29.3 Å². The summed E-state index contributed by atoms with van der Waals surface area (Å²) in [6.45, 7) is 0. The summed E-state index contributed by atoms with van der Waals surface area (Å²) in [4.78, 5) is 1.71. The minimum atomic E-state index is 0.645. The van der Waals surface area contributed by atoms with Crippen molar-refractivity contribution in [1.82, 2.24) is 4.90 Å². The largest absolute Gasteiger partial charge is 0.711 e. The summed E-state index contributed by atoms with van der Waals surface area (Å²) in [7, 11) is 3.63. The summed E-state index contributed by atoms with van der Waals surface area (Å²) in [5, 5.41) is 11.3. The SMILES string of the molecule is CN(C)/C=[N+](\[O-])c1ccccc1. The lowest BCUT2D eigenvalue weighted by molar-refractivity contribution is -0.360. The van der Waals surface area contributed by atoms with E-state index in [4.69, 9.17) is 0 Å². The molecule has 0 aliphatic carbocycles. The molecular weight excluding hydrogens is 152 g/mol. The molecule has 64 valence electrons. The Morgan fingerprint density at radius 3 is 2.33 bits per heavy atom. The van der Waals surface area contributed by atoms with Crippen molar-refractivity contribution in [1.29, 1.82) is 0 Å². The molecule has 0 heterocycles. The summed E-state index contributed by atoms with van der Waals surface area (Å²) >= 11 is 0. The van der Waals surface area contributed by atoms with E-state index in [1.165, 1.54) is 6.34 Å². The summed E-state index contributed by atoms with van der Waals surface area (Å²) < 4.78 is 0.833. The predicted molar refractivity (Wildman–Crippen MR) is 49.5 cm³/mol. The highest BCUT2D eigenvalue weighted by atomic mass is 16.5. The molecule has 0 aromatic heterocycles. The molecule has 0 amide bonds. The third-order valence-electron chi connectivity index (χ3n) is 1.35. The molecule has 0 saturated carbocycles. The van der Waals surface area contributed by atoms with Crippen molar-refractivity contribution in [2.24, 2.45) is 0 Å². The van der Waals surface area contributed by atoms with Gasteiger partial charge in [-0.15, -0.1) is 0 Å². The maximum atomic E-state index is 11.3. The smallest absolute Gasteiger partial charge is 0.241 e. The van der Waals surface area contributed by atoms with Crippen LogP contribution in [-0.4, -0.2) is 30.1 Å². The fourth-order valence-electron chi connectivity index (χ4n) is 0.851. The number of rotatable bonds is 2. The number of hydrogen-bond donors (Lipinski definition) is 0. The van der Waals surface area contributed by atoms with Crippen molar-refractivity contribution in [2.45, 2.75) is 0 Å². The molecule has 1 aromatic rings. The second-order valence-corrected chi connectivity index (χ2v) is 2.74. The van der Waals surface area contributed by atoms with E-state index in [0.717, 1.165) is 4.74 Å². The molecule has 0 bridgehead atoms. The first kappa shape index (κ1) is 8.59. The Morgan fingerprint density at radius 1 is 1.25 bits per heavy atom. The van der Waals surface area contributed by atoms with Gasteiger partial charge in [-0.05, 0) is 12.1 Å². The Kier molecular flexibility index (Phi) is 2.69. The van der Waals surface area contributed by atoms with Gasteiger partial charge in [0.2, 0.25) is 6.34 Å². The normalized spacial score (nSPS) is 11.3. The van der Waals surface area contributed by atoms with Crippen LogP contribution in [-0.2, 0) is 0 Å². The number of para-hydroxylation sites is 1. The monoisotopic (exact) mass is 164 g/mol. The molecule has 12 heavy (non-hydrogen) atoms. The summed E-state index contributed by atoms with van der Waals surface area (Å²) in [6.07, 6.45) is 1.48. The molecule has 0 spiro atoms. The lowest BCUT2D eigenvalue weighted by Crippen LogP contribution is -2.14. The van der Waals surface area contributed by atoms with Gasteiger partial charge in [-0.3, -0.25) is 4.90 Å². The molecule has 0 unspecified atom stereocenters. The number of nitrogens with zero attached hydrogens (tertiary/aromatic N) is 2. The van der Waals surface area contributed by atoms with Gasteiger partial charge < -0.3 is 5.21 Å². The second kappa shape index (κ2) is 3.76. The average Bonchev–Trinajstić information content (AvgIpc) is 2.05. The van der Waals surface area contributed by atoms with Crippen LogP contribution in [0, 0.1) is 5.21 Å². The van der Waals surface area contributed by atoms with Gasteiger partial charge in [0.15, 0.2) is 0 Å². The quantitative estimate of drug-likeness (QED) is 0.217. The van der Waals surface area contributed by atoms with Gasteiger partial charge in [0.1, 0.15) is 5.69 Å². The van der Waals surface area contributed by atoms with Crippen molar-refractivity contribution in [2.75, 3.05) is 14.1 Å². The first-order valence-corrected chi connectivity index (χ1v) is 3.73. The summed E-state index contributed by atoms with van der Waals surface area (Å²) in [5.74, 6) is 0. The molecule has 0 aliphatic rings. The van der Waals surface area contributed by atoms with Crippen LogP contribution in [0.15, 0.2) is 30.3 Å². The lowest BCUT2D eigenvalue weighted by atomic mass is 10.3. The van der Waals surface area contributed by atoms with Crippen molar-refractivity contribution in [3.8, 4) is 0 Å². The van der Waals surface area contributed by atoms with Gasteiger partial charge in [-0.1, -0.05) is 18.2 Å². The van der Waals surface area contributed by atoms with Crippen LogP contribution in [0.4, 0.5) is 5.69 Å². The highest BCUT2D eigenvalue weighted by Crippen LogP contribution is 2.07. The minimum Gasteiger partial charge on any atom is -0.711 e. The first-order chi connectivity index (χ1) is 5.70. The minimum absolute atomic E-state index is 0.645. The predicted octanol–water partition coefficient (Wildman–Crippen LogP) is 1.42. The van der Waals surface area contributed by atoms with Crippen LogP contribution < -0.4 is 0 Å². The molecule has 0 fully saturated rings. The van der Waals surface area contributed by atoms with Gasteiger partial charge >= 0.3 is 0 Å².